The molecule has 81 valence electrons. The van der Waals surface area contributed by atoms with Crippen LogP contribution in [0.4, 0.5) is 0 Å². The van der Waals surface area contributed by atoms with Crippen LogP contribution in [0.1, 0.15) is 51.0 Å². The first-order chi connectivity index (χ1) is 7.34. The van der Waals surface area contributed by atoms with Crippen molar-refractivity contribution < 1.29 is 0 Å². The first-order valence-electron chi connectivity index (χ1n) is 6.01. The van der Waals surface area contributed by atoms with E-state index in [4.69, 9.17) is 6.58 Å². The molecule has 0 aliphatic rings. The summed E-state index contributed by atoms with van der Waals surface area (Å²) in [7, 11) is 0. The molecule has 0 saturated heterocycles. The van der Waals surface area contributed by atoms with Gasteiger partial charge in [0.2, 0.25) is 0 Å². The Balaban J connectivity index is 2.20. The summed E-state index contributed by atoms with van der Waals surface area (Å²) in [5.74, 6) is 0. The van der Waals surface area contributed by atoms with Crippen molar-refractivity contribution in [2.75, 3.05) is 0 Å². The number of unbranched alkanes of at least 4 members (excludes halogenated alkanes) is 4. The standard InChI is InChI=1S/C15H21/c1-3-4-5-6-8-11-14(2)15-12-9-7-10-13-15/h2,7,9-10,12-13H,3-6,8,11H2,1H3. The zero-order chi connectivity index (χ0) is 10.9. The summed E-state index contributed by atoms with van der Waals surface area (Å²) in [5, 5.41) is 0. The third-order valence-corrected chi connectivity index (χ3v) is 2.69. The molecular weight excluding hydrogens is 180 g/mol. The van der Waals surface area contributed by atoms with Crippen LogP contribution in [0.5, 0.6) is 0 Å². The summed E-state index contributed by atoms with van der Waals surface area (Å²) in [6.07, 6.45) is 7.57. The van der Waals surface area contributed by atoms with Crippen molar-refractivity contribution in [3.05, 3.63) is 42.5 Å². The van der Waals surface area contributed by atoms with Crippen molar-refractivity contribution in [2.24, 2.45) is 0 Å². The molecule has 15 heavy (non-hydrogen) atoms. The fraction of sp³-hybridized carbons (Fsp3) is 0.467. The zero-order valence-electron chi connectivity index (χ0n) is 9.71. The lowest BCUT2D eigenvalue weighted by molar-refractivity contribution is 0.640. The molecule has 0 N–H and O–H groups in total. The van der Waals surface area contributed by atoms with Gasteiger partial charge in [0, 0.05) is 0 Å². The van der Waals surface area contributed by atoms with Gasteiger partial charge in [-0.15, -0.1) is 0 Å². The Morgan fingerprint density at radius 1 is 1.00 bits per heavy atom. The Morgan fingerprint density at radius 2 is 1.67 bits per heavy atom. The van der Waals surface area contributed by atoms with E-state index in [1.54, 1.807) is 0 Å². The van der Waals surface area contributed by atoms with Gasteiger partial charge in [0.25, 0.3) is 0 Å². The molecular formula is C15H21. The molecule has 0 heterocycles. The van der Waals surface area contributed by atoms with E-state index in [2.05, 4.69) is 19.1 Å². The highest BCUT2D eigenvalue weighted by Gasteiger charge is 1.97. The molecule has 1 aromatic rings. The fourth-order valence-corrected chi connectivity index (χ4v) is 1.72. The first kappa shape index (κ1) is 12.0. The van der Waals surface area contributed by atoms with E-state index in [9.17, 15) is 0 Å². The summed E-state index contributed by atoms with van der Waals surface area (Å²) in [4.78, 5) is 0. The predicted octanol–water partition coefficient (Wildman–Crippen LogP) is 4.86. The van der Waals surface area contributed by atoms with Crippen LogP contribution < -0.4 is 0 Å². The number of hydrogen-bond donors (Lipinski definition) is 0. The molecule has 0 aliphatic carbocycles. The van der Waals surface area contributed by atoms with Gasteiger partial charge in [-0.3, -0.25) is 0 Å². The van der Waals surface area contributed by atoms with Gasteiger partial charge in [-0.2, -0.15) is 0 Å². The normalized spacial score (nSPS) is 10.2. The smallest absolute Gasteiger partial charge is 0.0225 e. The van der Waals surface area contributed by atoms with Crippen molar-refractivity contribution in [3.63, 3.8) is 0 Å². The quantitative estimate of drug-likeness (QED) is 0.552. The summed E-state index contributed by atoms with van der Waals surface area (Å²) < 4.78 is 0. The zero-order valence-corrected chi connectivity index (χ0v) is 9.71. The van der Waals surface area contributed by atoms with Crippen LogP contribution in [0.3, 0.4) is 0 Å². The van der Waals surface area contributed by atoms with Gasteiger partial charge in [-0.05, 0) is 24.0 Å². The predicted molar refractivity (Wildman–Crippen MR) is 67.5 cm³/mol. The fourth-order valence-electron chi connectivity index (χ4n) is 1.72. The topological polar surface area (TPSA) is 0 Å². The van der Waals surface area contributed by atoms with Crippen LogP contribution in [0.15, 0.2) is 30.3 Å². The molecule has 0 nitrogen and oxygen atoms in total. The average Bonchev–Trinajstić information content (AvgIpc) is 2.30. The first-order valence-corrected chi connectivity index (χ1v) is 6.01. The third kappa shape index (κ3) is 4.83. The molecule has 0 aliphatic heterocycles. The summed E-state index contributed by atoms with van der Waals surface area (Å²) in [5.41, 5.74) is 2.22. The number of allylic oxidation sites excluding steroid dienone is 1. The van der Waals surface area contributed by atoms with Crippen molar-refractivity contribution in [1.82, 2.24) is 0 Å². The largest absolute Gasteiger partial charge is 0.0654 e. The number of hydrogen-bond acceptors (Lipinski definition) is 0. The van der Waals surface area contributed by atoms with Gasteiger partial charge >= 0.3 is 0 Å². The van der Waals surface area contributed by atoms with Crippen molar-refractivity contribution in [3.8, 4) is 0 Å². The lowest BCUT2D eigenvalue weighted by Crippen LogP contribution is -1.84. The van der Waals surface area contributed by atoms with E-state index in [1.807, 2.05) is 18.2 Å². The molecule has 0 fully saturated rings. The van der Waals surface area contributed by atoms with E-state index in [0.29, 0.717) is 0 Å². The van der Waals surface area contributed by atoms with Crippen molar-refractivity contribution in [2.45, 2.75) is 45.4 Å². The second-order valence-electron chi connectivity index (χ2n) is 4.06. The van der Waals surface area contributed by atoms with E-state index in [1.165, 1.54) is 37.7 Å². The van der Waals surface area contributed by atoms with Gasteiger partial charge in [-0.1, -0.05) is 69.5 Å². The molecule has 0 saturated carbocycles. The highest BCUT2D eigenvalue weighted by atomic mass is 14.0. The Bertz CT molecular complexity index is 271. The lowest BCUT2D eigenvalue weighted by atomic mass is 10.0. The van der Waals surface area contributed by atoms with Crippen LogP contribution in [-0.2, 0) is 0 Å². The van der Waals surface area contributed by atoms with Gasteiger partial charge in [-0.25, -0.2) is 0 Å². The molecule has 1 rings (SSSR count). The number of rotatable bonds is 7. The highest BCUT2D eigenvalue weighted by Crippen LogP contribution is 2.18. The average molecular weight is 201 g/mol. The molecule has 0 spiro atoms. The summed E-state index contributed by atoms with van der Waals surface area (Å²) >= 11 is 0. The maximum absolute atomic E-state index is 6.03. The molecule has 0 atom stereocenters. The molecule has 0 amide bonds. The van der Waals surface area contributed by atoms with Gasteiger partial charge in [0.05, 0.1) is 0 Å². The summed E-state index contributed by atoms with van der Waals surface area (Å²) in [6.45, 7) is 8.27. The SMILES string of the molecule is [CH]=C(CCCCCCC)c1ccccc1. The van der Waals surface area contributed by atoms with E-state index >= 15 is 0 Å². The van der Waals surface area contributed by atoms with Gasteiger partial charge in [0.15, 0.2) is 0 Å². The second-order valence-corrected chi connectivity index (χ2v) is 4.06. The van der Waals surface area contributed by atoms with Crippen LogP contribution in [-0.4, -0.2) is 0 Å². The number of benzene rings is 1. The molecule has 0 unspecified atom stereocenters. The Labute approximate surface area is 94.0 Å². The minimum atomic E-state index is 1.03. The molecule has 0 bridgehead atoms. The molecule has 0 heteroatoms. The van der Waals surface area contributed by atoms with Crippen molar-refractivity contribution in [1.29, 1.82) is 0 Å². The Kier molecular flexibility index (Phi) is 5.84. The highest BCUT2D eigenvalue weighted by molar-refractivity contribution is 5.61. The second kappa shape index (κ2) is 7.28. The van der Waals surface area contributed by atoms with E-state index in [-0.39, 0.29) is 0 Å². The Morgan fingerprint density at radius 3 is 2.33 bits per heavy atom. The molecule has 1 radical (unpaired) electrons. The lowest BCUT2D eigenvalue weighted by Gasteiger charge is -2.05. The molecule has 0 aromatic heterocycles. The van der Waals surface area contributed by atoms with Crippen LogP contribution in [0, 0.1) is 6.58 Å². The maximum Gasteiger partial charge on any atom is -0.0225 e. The van der Waals surface area contributed by atoms with Crippen LogP contribution in [0.2, 0.25) is 0 Å². The minimum Gasteiger partial charge on any atom is -0.0654 e. The van der Waals surface area contributed by atoms with Gasteiger partial charge in [0.1, 0.15) is 0 Å². The third-order valence-electron chi connectivity index (χ3n) is 2.69. The van der Waals surface area contributed by atoms with Gasteiger partial charge < -0.3 is 0 Å². The van der Waals surface area contributed by atoms with Crippen LogP contribution >= 0.6 is 0 Å². The monoisotopic (exact) mass is 201 g/mol. The minimum absolute atomic E-state index is 1.03. The Hall–Kier alpha value is -1.04. The van der Waals surface area contributed by atoms with E-state index < -0.39 is 0 Å². The van der Waals surface area contributed by atoms with Crippen molar-refractivity contribution >= 4 is 5.57 Å². The maximum atomic E-state index is 6.03. The summed E-state index contributed by atoms with van der Waals surface area (Å²) in [6, 6.07) is 10.3. The van der Waals surface area contributed by atoms with Crippen LogP contribution in [0.25, 0.3) is 5.57 Å². The molecule has 1 aromatic carbocycles. The van der Waals surface area contributed by atoms with E-state index in [0.717, 1.165) is 12.0 Å².